The van der Waals surface area contributed by atoms with Crippen LogP contribution in [-0.2, 0) is 0 Å². The van der Waals surface area contributed by atoms with E-state index in [-0.39, 0.29) is 0 Å². The summed E-state index contributed by atoms with van der Waals surface area (Å²) in [5, 5.41) is 3.62. The third-order valence-corrected chi connectivity index (χ3v) is 3.71. The summed E-state index contributed by atoms with van der Waals surface area (Å²) in [6.45, 7) is 3.34. The van der Waals surface area contributed by atoms with Gasteiger partial charge in [-0.2, -0.15) is 0 Å². The number of aromatic nitrogens is 2. The minimum absolute atomic E-state index is 0.307. The predicted molar refractivity (Wildman–Crippen MR) is 71.3 cm³/mol. The van der Waals surface area contributed by atoms with E-state index < -0.39 is 0 Å². The fraction of sp³-hybridized carbons (Fsp3) is 0.692. The maximum atomic E-state index is 5.73. The van der Waals surface area contributed by atoms with Crippen LogP contribution in [0.1, 0.15) is 39.0 Å². The van der Waals surface area contributed by atoms with Crippen molar-refractivity contribution in [1.82, 2.24) is 9.97 Å². The van der Waals surface area contributed by atoms with E-state index in [9.17, 15) is 0 Å². The Balaban J connectivity index is 1.72. The molecule has 1 saturated carbocycles. The van der Waals surface area contributed by atoms with Gasteiger partial charge in [-0.1, -0.05) is 26.2 Å². The van der Waals surface area contributed by atoms with Crippen LogP contribution in [0.2, 0.25) is 5.28 Å². The molecule has 17 heavy (non-hydrogen) atoms. The van der Waals surface area contributed by atoms with Gasteiger partial charge in [0.1, 0.15) is 5.82 Å². The lowest BCUT2D eigenvalue weighted by atomic mass is 9.81. The van der Waals surface area contributed by atoms with E-state index in [4.69, 9.17) is 11.6 Å². The maximum absolute atomic E-state index is 5.73. The van der Waals surface area contributed by atoms with Crippen LogP contribution in [-0.4, -0.2) is 16.5 Å². The smallest absolute Gasteiger partial charge is 0.224 e. The molecular formula is C13H20ClN3. The van der Waals surface area contributed by atoms with Crippen LogP contribution in [0.3, 0.4) is 0 Å². The molecule has 0 radical (unpaired) electrons. The molecule has 1 aromatic rings. The standard InChI is InChI=1S/C13H20ClN3/c1-10-3-2-4-11(9-10)5-7-15-12-6-8-16-13(14)17-12/h6,8,10-11H,2-5,7,9H2,1H3,(H,15,16,17). The molecule has 2 rings (SSSR count). The number of anilines is 1. The average Bonchev–Trinajstić information content (AvgIpc) is 2.29. The van der Waals surface area contributed by atoms with Gasteiger partial charge in [0.2, 0.25) is 5.28 Å². The van der Waals surface area contributed by atoms with Crippen molar-refractivity contribution < 1.29 is 0 Å². The summed E-state index contributed by atoms with van der Waals surface area (Å²) in [7, 11) is 0. The summed E-state index contributed by atoms with van der Waals surface area (Å²) in [5.74, 6) is 2.61. The molecule has 2 unspecified atom stereocenters. The van der Waals surface area contributed by atoms with E-state index >= 15 is 0 Å². The van der Waals surface area contributed by atoms with Crippen molar-refractivity contribution in [3.63, 3.8) is 0 Å². The molecule has 2 atom stereocenters. The molecule has 0 aromatic carbocycles. The monoisotopic (exact) mass is 253 g/mol. The van der Waals surface area contributed by atoms with Crippen LogP contribution in [0, 0.1) is 11.8 Å². The SMILES string of the molecule is CC1CCCC(CCNc2ccnc(Cl)n2)C1. The maximum Gasteiger partial charge on any atom is 0.224 e. The van der Waals surface area contributed by atoms with Crippen molar-refractivity contribution in [2.45, 2.75) is 39.0 Å². The van der Waals surface area contributed by atoms with Crippen LogP contribution in [0.4, 0.5) is 5.82 Å². The average molecular weight is 254 g/mol. The van der Waals surface area contributed by atoms with Gasteiger partial charge in [0.05, 0.1) is 0 Å². The number of halogens is 1. The van der Waals surface area contributed by atoms with E-state index in [0.717, 1.165) is 24.2 Å². The minimum atomic E-state index is 0.307. The molecule has 1 aliphatic rings. The van der Waals surface area contributed by atoms with Crippen molar-refractivity contribution in [3.05, 3.63) is 17.5 Å². The Hall–Kier alpha value is -0.830. The molecule has 1 fully saturated rings. The topological polar surface area (TPSA) is 37.8 Å². The van der Waals surface area contributed by atoms with Crippen LogP contribution in [0.15, 0.2) is 12.3 Å². The molecule has 1 aliphatic carbocycles. The Morgan fingerprint density at radius 1 is 1.47 bits per heavy atom. The lowest BCUT2D eigenvalue weighted by Gasteiger charge is -2.26. The fourth-order valence-corrected chi connectivity index (χ4v) is 2.81. The summed E-state index contributed by atoms with van der Waals surface area (Å²) in [5.41, 5.74) is 0. The van der Waals surface area contributed by atoms with Crippen LogP contribution < -0.4 is 5.32 Å². The van der Waals surface area contributed by atoms with Gasteiger partial charge in [0.25, 0.3) is 0 Å². The van der Waals surface area contributed by atoms with Crippen LogP contribution >= 0.6 is 11.6 Å². The van der Waals surface area contributed by atoms with Gasteiger partial charge in [-0.25, -0.2) is 9.97 Å². The van der Waals surface area contributed by atoms with Crippen molar-refractivity contribution in [1.29, 1.82) is 0 Å². The molecule has 0 amide bonds. The largest absolute Gasteiger partial charge is 0.370 e. The van der Waals surface area contributed by atoms with E-state index in [2.05, 4.69) is 22.2 Å². The predicted octanol–water partition coefficient (Wildman–Crippen LogP) is 3.76. The van der Waals surface area contributed by atoms with Crippen molar-refractivity contribution in [3.8, 4) is 0 Å². The number of hydrogen-bond acceptors (Lipinski definition) is 3. The highest BCUT2D eigenvalue weighted by molar-refractivity contribution is 6.28. The van der Waals surface area contributed by atoms with Crippen LogP contribution in [0.25, 0.3) is 0 Å². The summed E-state index contributed by atoms with van der Waals surface area (Å²) in [6.07, 6.45) is 8.48. The number of nitrogens with one attached hydrogen (secondary N) is 1. The Morgan fingerprint density at radius 3 is 3.12 bits per heavy atom. The Kier molecular flexibility index (Phi) is 4.60. The van der Waals surface area contributed by atoms with E-state index in [1.165, 1.54) is 32.1 Å². The summed E-state index contributed by atoms with van der Waals surface area (Å²) in [6, 6.07) is 1.86. The normalized spacial score (nSPS) is 24.6. The van der Waals surface area contributed by atoms with Gasteiger partial charge < -0.3 is 5.32 Å². The first-order valence-corrected chi connectivity index (χ1v) is 6.84. The second kappa shape index (κ2) is 6.20. The highest BCUT2D eigenvalue weighted by Crippen LogP contribution is 2.30. The first-order chi connectivity index (χ1) is 8.24. The Bertz CT molecular complexity index is 356. The van der Waals surface area contributed by atoms with Crippen molar-refractivity contribution >= 4 is 17.4 Å². The van der Waals surface area contributed by atoms with Gasteiger partial charge in [0, 0.05) is 12.7 Å². The first kappa shape index (κ1) is 12.6. The molecule has 4 heteroatoms. The lowest BCUT2D eigenvalue weighted by molar-refractivity contribution is 0.274. The third-order valence-electron chi connectivity index (χ3n) is 3.53. The number of hydrogen-bond donors (Lipinski definition) is 1. The Morgan fingerprint density at radius 2 is 2.35 bits per heavy atom. The zero-order valence-corrected chi connectivity index (χ0v) is 11.1. The molecule has 1 heterocycles. The quantitative estimate of drug-likeness (QED) is 0.831. The molecule has 0 saturated heterocycles. The highest BCUT2D eigenvalue weighted by Gasteiger charge is 2.18. The molecule has 1 aromatic heterocycles. The molecule has 94 valence electrons. The molecule has 0 bridgehead atoms. The van der Waals surface area contributed by atoms with E-state index in [1.54, 1.807) is 6.20 Å². The lowest BCUT2D eigenvalue weighted by Crippen LogP contribution is -2.16. The molecule has 0 spiro atoms. The van der Waals surface area contributed by atoms with Gasteiger partial charge in [-0.05, 0) is 42.3 Å². The zero-order chi connectivity index (χ0) is 12.1. The van der Waals surface area contributed by atoms with E-state index in [0.29, 0.717) is 5.28 Å². The number of rotatable bonds is 4. The van der Waals surface area contributed by atoms with Gasteiger partial charge in [-0.3, -0.25) is 0 Å². The first-order valence-electron chi connectivity index (χ1n) is 6.46. The minimum Gasteiger partial charge on any atom is -0.370 e. The Labute approximate surface area is 108 Å². The highest BCUT2D eigenvalue weighted by atomic mass is 35.5. The zero-order valence-electron chi connectivity index (χ0n) is 10.3. The summed E-state index contributed by atoms with van der Waals surface area (Å²) in [4.78, 5) is 7.98. The van der Waals surface area contributed by atoms with Crippen molar-refractivity contribution in [2.24, 2.45) is 11.8 Å². The number of nitrogens with zero attached hydrogens (tertiary/aromatic N) is 2. The fourth-order valence-electron chi connectivity index (χ4n) is 2.66. The van der Waals surface area contributed by atoms with Crippen LogP contribution in [0.5, 0.6) is 0 Å². The molecular weight excluding hydrogens is 234 g/mol. The van der Waals surface area contributed by atoms with Gasteiger partial charge in [-0.15, -0.1) is 0 Å². The third kappa shape index (κ3) is 4.15. The van der Waals surface area contributed by atoms with E-state index in [1.807, 2.05) is 6.07 Å². The summed E-state index contributed by atoms with van der Waals surface area (Å²) >= 11 is 5.73. The van der Waals surface area contributed by atoms with Crippen molar-refractivity contribution in [2.75, 3.05) is 11.9 Å². The van der Waals surface area contributed by atoms with Gasteiger partial charge in [0.15, 0.2) is 0 Å². The van der Waals surface area contributed by atoms with Gasteiger partial charge >= 0.3 is 0 Å². The molecule has 3 nitrogen and oxygen atoms in total. The second-order valence-corrected chi connectivity index (χ2v) is 5.40. The molecule has 1 N–H and O–H groups in total. The summed E-state index contributed by atoms with van der Waals surface area (Å²) < 4.78 is 0. The molecule has 0 aliphatic heterocycles. The second-order valence-electron chi connectivity index (χ2n) is 5.06.